The van der Waals surface area contributed by atoms with Gasteiger partial charge in [0, 0.05) is 25.8 Å². The van der Waals surface area contributed by atoms with Crippen LogP contribution in [0.3, 0.4) is 0 Å². The molecule has 1 aromatic rings. The van der Waals surface area contributed by atoms with Gasteiger partial charge < -0.3 is 19.5 Å². The molecular formula is C16H26BN3O2. The minimum absolute atomic E-state index is 0.265. The molecule has 2 fully saturated rings. The van der Waals surface area contributed by atoms with Gasteiger partial charge in [-0.2, -0.15) is 0 Å². The molecule has 2 aliphatic heterocycles. The summed E-state index contributed by atoms with van der Waals surface area (Å²) >= 11 is 0. The van der Waals surface area contributed by atoms with E-state index in [0.29, 0.717) is 0 Å². The molecule has 0 spiro atoms. The van der Waals surface area contributed by atoms with Crippen molar-refractivity contribution in [2.24, 2.45) is 0 Å². The van der Waals surface area contributed by atoms with Crippen molar-refractivity contribution in [3.05, 3.63) is 24.0 Å². The van der Waals surface area contributed by atoms with Crippen molar-refractivity contribution < 1.29 is 9.31 Å². The molecule has 1 atom stereocenters. The van der Waals surface area contributed by atoms with Crippen LogP contribution in [0.5, 0.6) is 0 Å². The minimum atomic E-state index is -0.326. The summed E-state index contributed by atoms with van der Waals surface area (Å²) in [6.45, 7) is 11.3. The van der Waals surface area contributed by atoms with Crippen LogP contribution in [-0.2, 0) is 9.31 Å². The van der Waals surface area contributed by atoms with E-state index < -0.39 is 0 Å². The van der Waals surface area contributed by atoms with Gasteiger partial charge in [0.15, 0.2) is 0 Å². The number of rotatable bonds is 2. The lowest BCUT2D eigenvalue weighted by Gasteiger charge is -2.32. The van der Waals surface area contributed by atoms with Crippen molar-refractivity contribution in [3.63, 3.8) is 0 Å². The van der Waals surface area contributed by atoms with Crippen LogP contribution < -0.4 is 10.8 Å². The number of nitrogens with zero attached hydrogens (tertiary/aromatic N) is 2. The summed E-state index contributed by atoms with van der Waals surface area (Å²) in [7, 11) is 1.82. The smallest absolute Gasteiger partial charge is 0.399 e. The van der Waals surface area contributed by atoms with Crippen molar-refractivity contribution in [1.29, 1.82) is 0 Å². The first-order chi connectivity index (χ1) is 10.3. The van der Waals surface area contributed by atoms with Gasteiger partial charge in [0.1, 0.15) is 0 Å². The quantitative estimate of drug-likeness (QED) is 0.825. The van der Waals surface area contributed by atoms with Crippen molar-refractivity contribution in [1.82, 2.24) is 15.2 Å². The Bertz CT molecular complexity index is 534. The molecule has 3 heterocycles. The highest BCUT2D eigenvalue weighted by molar-refractivity contribution is 6.62. The van der Waals surface area contributed by atoms with Gasteiger partial charge in [-0.1, -0.05) is 0 Å². The molecule has 1 N–H and O–H groups in total. The summed E-state index contributed by atoms with van der Waals surface area (Å²) in [5, 5.41) is 3.53. The summed E-state index contributed by atoms with van der Waals surface area (Å²) in [5.41, 5.74) is 1.46. The Balaban J connectivity index is 1.80. The zero-order valence-electron chi connectivity index (χ0n) is 14.2. The fourth-order valence-electron chi connectivity index (χ4n) is 2.88. The van der Waals surface area contributed by atoms with Crippen LogP contribution in [0.15, 0.2) is 18.3 Å². The van der Waals surface area contributed by atoms with Gasteiger partial charge in [-0.3, -0.25) is 4.98 Å². The number of pyridine rings is 1. The van der Waals surface area contributed by atoms with Crippen LogP contribution in [0.2, 0.25) is 0 Å². The molecule has 0 saturated carbocycles. The molecule has 1 unspecified atom stereocenters. The first-order valence-electron chi connectivity index (χ1n) is 8.02. The Hall–Kier alpha value is -0.945. The van der Waals surface area contributed by atoms with Crippen molar-refractivity contribution in [3.8, 4) is 0 Å². The first-order valence-corrected chi connectivity index (χ1v) is 8.02. The lowest BCUT2D eigenvalue weighted by Crippen LogP contribution is -2.44. The number of nitrogens with one attached hydrogen (secondary N) is 1. The summed E-state index contributed by atoms with van der Waals surface area (Å²) in [6, 6.07) is 4.36. The van der Waals surface area contributed by atoms with Gasteiger partial charge in [0.2, 0.25) is 0 Å². The molecule has 120 valence electrons. The van der Waals surface area contributed by atoms with Gasteiger partial charge in [0.25, 0.3) is 0 Å². The molecular weight excluding hydrogens is 277 g/mol. The lowest BCUT2D eigenvalue weighted by molar-refractivity contribution is 0.00578. The van der Waals surface area contributed by atoms with Crippen LogP contribution in [-0.4, -0.2) is 54.9 Å². The van der Waals surface area contributed by atoms with Crippen molar-refractivity contribution >= 4 is 12.6 Å². The Kier molecular flexibility index (Phi) is 4.06. The topological polar surface area (TPSA) is 46.6 Å². The van der Waals surface area contributed by atoms with Gasteiger partial charge in [-0.25, -0.2) is 0 Å². The van der Waals surface area contributed by atoms with E-state index in [1.807, 2.05) is 12.3 Å². The van der Waals surface area contributed by atoms with Crippen LogP contribution >= 0.6 is 0 Å². The highest BCUT2D eigenvalue weighted by Crippen LogP contribution is 2.36. The first kappa shape index (κ1) is 15.9. The molecule has 0 aromatic carbocycles. The fraction of sp³-hybridized carbons (Fsp3) is 0.688. The molecule has 2 aliphatic rings. The third kappa shape index (κ3) is 2.93. The number of aromatic nitrogens is 1. The minimum Gasteiger partial charge on any atom is -0.399 e. The maximum Gasteiger partial charge on any atom is 0.494 e. The standard InChI is InChI=1S/C16H26BN3O2/c1-15(2)16(3,4)22-17(21-15)12-6-7-18-13(10-12)14-11-20(5)9-8-19-14/h6-7,10,14,19H,8-9,11H2,1-5H3. The lowest BCUT2D eigenvalue weighted by atomic mass is 9.79. The SMILES string of the molecule is CN1CCNC(c2cc(B3OC(C)(C)C(C)(C)O3)ccn2)C1. The fourth-order valence-corrected chi connectivity index (χ4v) is 2.88. The summed E-state index contributed by atoms with van der Waals surface area (Å²) in [6.07, 6.45) is 1.85. The van der Waals surface area contributed by atoms with E-state index in [-0.39, 0.29) is 24.4 Å². The normalized spacial score (nSPS) is 28.0. The van der Waals surface area contributed by atoms with Gasteiger partial charge in [-0.15, -0.1) is 0 Å². The molecule has 1 aromatic heterocycles. The zero-order chi connectivity index (χ0) is 16.0. The van der Waals surface area contributed by atoms with E-state index in [4.69, 9.17) is 9.31 Å². The molecule has 3 rings (SSSR count). The molecule has 0 radical (unpaired) electrons. The average molecular weight is 303 g/mol. The Morgan fingerprint density at radius 1 is 1.27 bits per heavy atom. The predicted octanol–water partition coefficient (Wildman–Crippen LogP) is 0.957. The van der Waals surface area contributed by atoms with Gasteiger partial charge >= 0.3 is 7.12 Å². The molecule has 5 nitrogen and oxygen atoms in total. The molecule has 0 bridgehead atoms. The van der Waals surface area contributed by atoms with Crippen LogP contribution in [0.4, 0.5) is 0 Å². The predicted molar refractivity (Wildman–Crippen MR) is 88.2 cm³/mol. The van der Waals surface area contributed by atoms with E-state index in [9.17, 15) is 0 Å². The largest absolute Gasteiger partial charge is 0.494 e. The monoisotopic (exact) mass is 303 g/mol. The number of hydrogen-bond donors (Lipinski definition) is 1. The maximum atomic E-state index is 6.13. The Labute approximate surface area is 133 Å². The molecule has 22 heavy (non-hydrogen) atoms. The number of hydrogen-bond acceptors (Lipinski definition) is 5. The average Bonchev–Trinajstić information content (AvgIpc) is 2.68. The highest BCUT2D eigenvalue weighted by Gasteiger charge is 2.51. The van der Waals surface area contributed by atoms with E-state index in [1.54, 1.807) is 0 Å². The van der Waals surface area contributed by atoms with Crippen LogP contribution in [0.1, 0.15) is 39.4 Å². The second kappa shape index (κ2) is 5.60. The van der Waals surface area contributed by atoms with Gasteiger partial charge in [0.05, 0.1) is 22.9 Å². The third-order valence-electron chi connectivity index (χ3n) is 5.07. The van der Waals surface area contributed by atoms with Crippen LogP contribution in [0.25, 0.3) is 0 Å². The van der Waals surface area contributed by atoms with Gasteiger partial charge in [-0.05, 0) is 52.3 Å². The second-order valence-corrected chi connectivity index (χ2v) is 7.37. The second-order valence-electron chi connectivity index (χ2n) is 7.37. The number of likely N-dealkylation sites (N-methyl/N-ethyl adjacent to an activating group) is 1. The summed E-state index contributed by atoms with van der Waals surface area (Å²) in [5.74, 6) is 0. The number of piperazine rings is 1. The maximum absolute atomic E-state index is 6.13. The highest BCUT2D eigenvalue weighted by atomic mass is 16.7. The summed E-state index contributed by atoms with van der Waals surface area (Å²) < 4.78 is 12.3. The molecule has 0 amide bonds. The van der Waals surface area contributed by atoms with Crippen molar-refractivity contribution in [2.45, 2.75) is 44.9 Å². The molecule has 2 saturated heterocycles. The van der Waals surface area contributed by atoms with E-state index in [1.165, 1.54) is 0 Å². The summed E-state index contributed by atoms with van der Waals surface area (Å²) in [4.78, 5) is 6.87. The molecule has 0 aliphatic carbocycles. The van der Waals surface area contributed by atoms with Crippen LogP contribution in [0, 0.1) is 0 Å². The third-order valence-corrected chi connectivity index (χ3v) is 5.07. The van der Waals surface area contributed by atoms with Crippen molar-refractivity contribution in [2.75, 3.05) is 26.7 Å². The van der Waals surface area contributed by atoms with E-state index >= 15 is 0 Å². The zero-order valence-corrected chi connectivity index (χ0v) is 14.2. The molecule has 6 heteroatoms. The van der Waals surface area contributed by atoms with E-state index in [2.05, 4.69) is 56.0 Å². The van der Waals surface area contributed by atoms with E-state index in [0.717, 1.165) is 30.8 Å². The Morgan fingerprint density at radius 2 is 1.95 bits per heavy atom. The Morgan fingerprint density at radius 3 is 2.59 bits per heavy atom.